The smallest absolute Gasteiger partial charge is 0.338 e. The Morgan fingerprint density at radius 3 is 1.96 bits per heavy atom. The lowest BCUT2D eigenvalue weighted by Crippen LogP contribution is -2.44. The van der Waals surface area contributed by atoms with E-state index in [4.69, 9.17) is 4.74 Å². The zero-order chi connectivity index (χ0) is 19.4. The Balaban J connectivity index is 1.99. The molecule has 0 atom stereocenters. The number of amides is 3. The van der Waals surface area contributed by atoms with Gasteiger partial charge in [-0.15, -0.1) is 0 Å². The minimum absolute atomic E-state index is 0.0102. The number of nitrogens with zero attached hydrogens (tertiary/aromatic N) is 2. The predicted octanol–water partition coefficient (Wildman–Crippen LogP) is 2.14. The molecule has 0 N–H and O–H groups in total. The Morgan fingerprint density at radius 1 is 1.00 bits per heavy atom. The topological polar surface area (TPSA) is 84.0 Å². The van der Waals surface area contributed by atoms with Crippen molar-refractivity contribution in [2.45, 2.75) is 52.6 Å². The van der Waals surface area contributed by atoms with Crippen LogP contribution in [0.3, 0.4) is 0 Å². The van der Waals surface area contributed by atoms with Gasteiger partial charge in [-0.25, -0.2) is 4.79 Å². The fourth-order valence-electron chi connectivity index (χ4n) is 3.07. The highest BCUT2D eigenvalue weighted by atomic mass is 16.5. The molecule has 26 heavy (non-hydrogen) atoms. The van der Waals surface area contributed by atoms with Crippen LogP contribution in [0.5, 0.6) is 0 Å². The third kappa shape index (κ3) is 4.28. The predicted molar refractivity (Wildman–Crippen MR) is 95.6 cm³/mol. The van der Waals surface area contributed by atoms with Crippen molar-refractivity contribution in [3.63, 3.8) is 0 Å². The molecule has 1 aliphatic rings. The average Bonchev–Trinajstić information content (AvgIpc) is 2.91. The first kappa shape index (κ1) is 19.6. The van der Waals surface area contributed by atoms with E-state index in [9.17, 15) is 19.2 Å². The highest BCUT2D eigenvalue weighted by Crippen LogP contribution is 2.23. The van der Waals surface area contributed by atoms with Crippen LogP contribution < -0.4 is 4.90 Å². The Bertz CT molecular complexity index is 685. The van der Waals surface area contributed by atoms with Gasteiger partial charge in [-0.05, 0) is 52.0 Å². The minimum Gasteiger partial charge on any atom is -0.452 e. The van der Waals surface area contributed by atoms with Crippen LogP contribution >= 0.6 is 0 Å². The van der Waals surface area contributed by atoms with Gasteiger partial charge in [0.05, 0.1) is 11.3 Å². The summed E-state index contributed by atoms with van der Waals surface area (Å²) in [6.07, 6.45) is 0.403. The molecule has 7 nitrogen and oxygen atoms in total. The molecule has 7 heteroatoms. The first-order valence-corrected chi connectivity index (χ1v) is 8.66. The number of benzene rings is 1. The van der Waals surface area contributed by atoms with Crippen molar-refractivity contribution in [3.05, 3.63) is 29.8 Å². The third-order valence-corrected chi connectivity index (χ3v) is 4.14. The number of hydrogen-bond acceptors (Lipinski definition) is 5. The number of ether oxygens (including phenoxy) is 1. The van der Waals surface area contributed by atoms with Crippen LogP contribution in [-0.4, -0.2) is 47.3 Å². The number of rotatable bonds is 6. The summed E-state index contributed by atoms with van der Waals surface area (Å²) in [4.78, 5) is 50.6. The van der Waals surface area contributed by atoms with Crippen LogP contribution in [0.25, 0.3) is 0 Å². The second-order valence-electron chi connectivity index (χ2n) is 6.73. The lowest BCUT2D eigenvalue weighted by atomic mass is 10.2. The van der Waals surface area contributed by atoms with Crippen LogP contribution in [0, 0.1) is 0 Å². The van der Waals surface area contributed by atoms with E-state index in [1.54, 1.807) is 4.90 Å². The highest BCUT2D eigenvalue weighted by molar-refractivity contribution is 6.19. The van der Waals surface area contributed by atoms with E-state index in [2.05, 4.69) is 0 Å². The Morgan fingerprint density at radius 2 is 1.50 bits per heavy atom. The number of esters is 1. The van der Waals surface area contributed by atoms with Gasteiger partial charge in [-0.1, -0.05) is 0 Å². The largest absolute Gasteiger partial charge is 0.452 e. The molecule has 0 aliphatic carbocycles. The summed E-state index contributed by atoms with van der Waals surface area (Å²) in [5.41, 5.74) is 0.678. The minimum atomic E-state index is -0.628. The van der Waals surface area contributed by atoms with Gasteiger partial charge in [0.15, 0.2) is 6.61 Å². The lowest BCUT2D eigenvalue weighted by molar-refractivity contribution is -0.138. The van der Waals surface area contributed by atoms with Gasteiger partial charge in [0, 0.05) is 24.9 Å². The van der Waals surface area contributed by atoms with E-state index >= 15 is 0 Å². The first-order valence-electron chi connectivity index (χ1n) is 8.66. The van der Waals surface area contributed by atoms with Crippen molar-refractivity contribution < 1.29 is 23.9 Å². The average molecular weight is 360 g/mol. The number of imide groups is 1. The third-order valence-electron chi connectivity index (χ3n) is 4.14. The molecule has 0 radical (unpaired) electrons. The maximum absolute atomic E-state index is 12.2. The highest BCUT2D eigenvalue weighted by Gasteiger charge is 2.30. The molecular formula is C19H24N2O5. The number of anilines is 1. The zero-order valence-corrected chi connectivity index (χ0v) is 15.5. The van der Waals surface area contributed by atoms with Crippen LogP contribution in [0.4, 0.5) is 5.69 Å². The maximum atomic E-state index is 12.2. The summed E-state index contributed by atoms with van der Waals surface area (Å²) in [6.45, 7) is 7.28. The van der Waals surface area contributed by atoms with E-state index in [0.29, 0.717) is 5.69 Å². The summed E-state index contributed by atoms with van der Waals surface area (Å²) < 4.78 is 5.10. The summed E-state index contributed by atoms with van der Waals surface area (Å²) in [7, 11) is 0. The molecule has 0 bridgehead atoms. The van der Waals surface area contributed by atoms with Crippen LogP contribution in [0.2, 0.25) is 0 Å². The molecule has 3 amide bonds. The molecule has 1 aliphatic heterocycles. The maximum Gasteiger partial charge on any atom is 0.338 e. The van der Waals surface area contributed by atoms with Crippen molar-refractivity contribution in [2.75, 3.05) is 11.5 Å². The fourth-order valence-corrected chi connectivity index (χ4v) is 3.07. The summed E-state index contributed by atoms with van der Waals surface area (Å²) in [6, 6.07) is 6.02. The molecule has 0 spiro atoms. The molecule has 1 saturated heterocycles. The second kappa shape index (κ2) is 8.12. The van der Waals surface area contributed by atoms with E-state index in [1.165, 1.54) is 24.3 Å². The molecule has 1 aromatic rings. The van der Waals surface area contributed by atoms with Gasteiger partial charge in [0.2, 0.25) is 11.8 Å². The molecular weight excluding hydrogens is 336 g/mol. The van der Waals surface area contributed by atoms with Crippen molar-refractivity contribution in [2.24, 2.45) is 0 Å². The van der Waals surface area contributed by atoms with E-state index < -0.39 is 5.97 Å². The normalized spacial score (nSPS) is 14.3. The Kier molecular flexibility index (Phi) is 6.13. The first-order chi connectivity index (χ1) is 12.2. The van der Waals surface area contributed by atoms with Crippen LogP contribution in [0.1, 0.15) is 50.9 Å². The van der Waals surface area contributed by atoms with Crippen molar-refractivity contribution in [1.29, 1.82) is 0 Å². The van der Waals surface area contributed by atoms with Gasteiger partial charge >= 0.3 is 5.97 Å². The van der Waals surface area contributed by atoms with Crippen LogP contribution in [0.15, 0.2) is 24.3 Å². The molecule has 1 fully saturated rings. The number of hydrogen-bond donors (Lipinski definition) is 0. The molecule has 140 valence electrons. The molecule has 2 rings (SSSR count). The number of carbonyl (C=O) groups excluding carboxylic acids is 4. The molecule has 1 heterocycles. The molecule has 0 saturated carbocycles. The monoisotopic (exact) mass is 360 g/mol. The van der Waals surface area contributed by atoms with E-state index in [-0.39, 0.29) is 54.8 Å². The van der Waals surface area contributed by atoms with E-state index in [0.717, 1.165) is 4.90 Å². The SMILES string of the molecule is CC(C)N(C(=O)COC(=O)c1ccc(N2C(=O)CCC2=O)cc1)C(C)C. The van der Waals surface area contributed by atoms with Gasteiger partial charge in [-0.3, -0.25) is 19.3 Å². The quantitative estimate of drug-likeness (QED) is 0.573. The standard InChI is InChI=1S/C19H24N2O5/c1-12(2)20(13(3)4)18(24)11-26-19(25)14-5-7-15(8-6-14)21-16(22)9-10-17(21)23/h5-8,12-13H,9-11H2,1-4H3. The molecule has 1 aromatic carbocycles. The van der Waals surface area contributed by atoms with Gasteiger partial charge in [0.25, 0.3) is 5.91 Å². The zero-order valence-electron chi connectivity index (χ0n) is 15.5. The van der Waals surface area contributed by atoms with Gasteiger partial charge < -0.3 is 9.64 Å². The summed E-state index contributed by atoms with van der Waals surface area (Å²) in [5, 5.41) is 0. The van der Waals surface area contributed by atoms with E-state index in [1.807, 2.05) is 27.7 Å². The van der Waals surface area contributed by atoms with Crippen molar-refractivity contribution >= 4 is 29.4 Å². The fraction of sp³-hybridized carbons (Fsp3) is 0.474. The molecule has 0 aromatic heterocycles. The number of carbonyl (C=O) groups is 4. The Hall–Kier alpha value is -2.70. The van der Waals surface area contributed by atoms with Gasteiger partial charge in [-0.2, -0.15) is 0 Å². The summed E-state index contributed by atoms with van der Waals surface area (Å²) >= 11 is 0. The lowest BCUT2D eigenvalue weighted by Gasteiger charge is -2.30. The summed E-state index contributed by atoms with van der Waals surface area (Å²) in [5.74, 6) is -1.39. The van der Waals surface area contributed by atoms with Crippen molar-refractivity contribution in [3.8, 4) is 0 Å². The Labute approximate surface area is 152 Å². The molecule has 0 unspecified atom stereocenters. The van der Waals surface area contributed by atoms with Gasteiger partial charge in [0.1, 0.15) is 0 Å². The second-order valence-corrected chi connectivity index (χ2v) is 6.73. The van der Waals surface area contributed by atoms with Crippen molar-refractivity contribution in [1.82, 2.24) is 4.90 Å². The van der Waals surface area contributed by atoms with Crippen LogP contribution in [-0.2, 0) is 19.1 Å².